The molecule has 0 unspecified atom stereocenters. The van der Waals surface area contributed by atoms with Crippen LogP contribution in [0.1, 0.15) is 6.92 Å². The Kier molecular flexibility index (Phi) is 2.16. The molecule has 90 valence electrons. The van der Waals surface area contributed by atoms with Crippen LogP contribution in [0.25, 0.3) is 10.9 Å². The predicted octanol–water partition coefficient (Wildman–Crippen LogP) is 1.38. The average Bonchev–Trinajstić information content (AvgIpc) is 2.53. The summed E-state index contributed by atoms with van der Waals surface area (Å²) in [7, 11) is 1.82. The Morgan fingerprint density at radius 2 is 2.06 bits per heavy atom. The lowest BCUT2D eigenvalue weighted by molar-refractivity contribution is -0.112. The molecule has 2 aromatic rings. The van der Waals surface area contributed by atoms with Crippen LogP contribution < -0.4 is 5.56 Å². The Morgan fingerprint density at radius 1 is 1.35 bits per heavy atom. The molecule has 1 aromatic heterocycles. The highest BCUT2D eigenvalue weighted by Crippen LogP contribution is 2.29. The Labute approximate surface area is 99.4 Å². The SMILES string of the molecule is Cn1c(=O)c2ccccc2n1CC1(C)COC1. The summed E-state index contributed by atoms with van der Waals surface area (Å²) in [4.78, 5) is 12.1. The smallest absolute Gasteiger partial charge is 0.274 e. The molecule has 0 saturated carbocycles. The number of hydrogen-bond donors (Lipinski definition) is 0. The summed E-state index contributed by atoms with van der Waals surface area (Å²) in [6.07, 6.45) is 0. The van der Waals surface area contributed by atoms with Gasteiger partial charge in [0, 0.05) is 19.0 Å². The molecule has 0 atom stereocenters. The van der Waals surface area contributed by atoms with E-state index in [9.17, 15) is 4.79 Å². The summed E-state index contributed by atoms with van der Waals surface area (Å²) in [5.74, 6) is 0. The molecule has 4 heteroatoms. The zero-order valence-corrected chi connectivity index (χ0v) is 10.1. The monoisotopic (exact) mass is 232 g/mol. The molecular formula is C13H16N2O2. The predicted molar refractivity (Wildman–Crippen MR) is 66.1 cm³/mol. The molecule has 0 radical (unpaired) electrons. The fraction of sp³-hybridized carbons (Fsp3) is 0.462. The van der Waals surface area contributed by atoms with Crippen LogP contribution in [0.5, 0.6) is 0 Å². The first-order valence-corrected chi connectivity index (χ1v) is 5.83. The molecule has 0 aliphatic carbocycles. The van der Waals surface area contributed by atoms with Gasteiger partial charge in [0.2, 0.25) is 0 Å². The third-order valence-electron chi connectivity index (χ3n) is 3.50. The van der Waals surface area contributed by atoms with Crippen molar-refractivity contribution in [2.45, 2.75) is 13.5 Å². The third-order valence-corrected chi connectivity index (χ3v) is 3.50. The molecule has 1 aromatic carbocycles. The van der Waals surface area contributed by atoms with Crippen molar-refractivity contribution in [2.75, 3.05) is 13.2 Å². The molecule has 0 spiro atoms. The Bertz CT molecular complexity index is 620. The minimum atomic E-state index is 0.0736. The minimum Gasteiger partial charge on any atom is -0.380 e. The highest BCUT2D eigenvalue weighted by atomic mass is 16.5. The van der Waals surface area contributed by atoms with Gasteiger partial charge in [-0.2, -0.15) is 0 Å². The number of aromatic nitrogens is 2. The molecule has 1 fully saturated rings. The van der Waals surface area contributed by atoms with E-state index in [1.54, 1.807) is 4.68 Å². The largest absolute Gasteiger partial charge is 0.380 e. The van der Waals surface area contributed by atoms with E-state index in [0.29, 0.717) is 0 Å². The maximum absolute atomic E-state index is 12.1. The van der Waals surface area contributed by atoms with Gasteiger partial charge in [0.15, 0.2) is 0 Å². The summed E-state index contributed by atoms with van der Waals surface area (Å²) in [5.41, 5.74) is 1.24. The van der Waals surface area contributed by atoms with Crippen LogP contribution in [0.15, 0.2) is 29.1 Å². The quantitative estimate of drug-likeness (QED) is 0.784. The second-order valence-electron chi connectivity index (χ2n) is 5.21. The molecule has 1 saturated heterocycles. The number of rotatable bonds is 2. The van der Waals surface area contributed by atoms with E-state index in [1.807, 2.05) is 31.3 Å². The van der Waals surface area contributed by atoms with Crippen molar-refractivity contribution < 1.29 is 4.74 Å². The van der Waals surface area contributed by atoms with Crippen LogP contribution in [0.3, 0.4) is 0 Å². The van der Waals surface area contributed by atoms with Crippen molar-refractivity contribution in [2.24, 2.45) is 12.5 Å². The Morgan fingerprint density at radius 3 is 2.71 bits per heavy atom. The maximum atomic E-state index is 12.1. The topological polar surface area (TPSA) is 36.2 Å². The van der Waals surface area contributed by atoms with E-state index >= 15 is 0 Å². The molecule has 0 amide bonds. The standard InChI is InChI=1S/C13H16N2O2/c1-13(8-17-9-13)7-15-11-6-4-3-5-10(11)12(16)14(15)2/h3-6H,7-9H2,1-2H3. The second-order valence-corrected chi connectivity index (χ2v) is 5.21. The van der Waals surface area contributed by atoms with Crippen molar-refractivity contribution >= 4 is 10.9 Å². The first-order chi connectivity index (χ1) is 8.11. The molecule has 2 heterocycles. The van der Waals surface area contributed by atoms with E-state index in [4.69, 9.17) is 4.74 Å². The molecule has 4 nitrogen and oxygen atoms in total. The van der Waals surface area contributed by atoms with Gasteiger partial charge in [0.1, 0.15) is 0 Å². The number of benzene rings is 1. The summed E-state index contributed by atoms with van der Waals surface area (Å²) < 4.78 is 9.03. The Balaban J connectivity index is 2.15. The average molecular weight is 232 g/mol. The van der Waals surface area contributed by atoms with Crippen LogP contribution >= 0.6 is 0 Å². The van der Waals surface area contributed by atoms with Crippen molar-refractivity contribution in [3.05, 3.63) is 34.6 Å². The van der Waals surface area contributed by atoms with E-state index in [2.05, 4.69) is 11.6 Å². The van der Waals surface area contributed by atoms with Crippen LogP contribution in [0.2, 0.25) is 0 Å². The highest BCUT2D eigenvalue weighted by Gasteiger charge is 2.34. The van der Waals surface area contributed by atoms with Gasteiger partial charge < -0.3 is 4.74 Å². The Hall–Kier alpha value is -1.55. The first-order valence-electron chi connectivity index (χ1n) is 5.83. The molecule has 1 aliphatic rings. The van der Waals surface area contributed by atoms with Crippen LogP contribution in [0, 0.1) is 5.41 Å². The molecule has 17 heavy (non-hydrogen) atoms. The van der Waals surface area contributed by atoms with Crippen molar-refractivity contribution in [1.82, 2.24) is 9.36 Å². The number of fused-ring (bicyclic) bond motifs is 1. The fourth-order valence-electron chi connectivity index (χ4n) is 2.42. The van der Waals surface area contributed by atoms with Crippen LogP contribution in [-0.2, 0) is 18.3 Å². The molecular weight excluding hydrogens is 216 g/mol. The number of para-hydroxylation sites is 1. The number of ether oxygens (including phenoxy) is 1. The normalized spacial score (nSPS) is 18.2. The summed E-state index contributed by atoms with van der Waals surface area (Å²) in [6.45, 7) is 4.56. The fourth-order valence-corrected chi connectivity index (χ4v) is 2.42. The van der Waals surface area contributed by atoms with Crippen LogP contribution in [-0.4, -0.2) is 22.6 Å². The van der Waals surface area contributed by atoms with Gasteiger partial charge in [0.25, 0.3) is 5.56 Å². The lowest BCUT2D eigenvalue weighted by Crippen LogP contribution is -2.44. The first kappa shape index (κ1) is 10.6. The molecule has 3 rings (SSSR count). The van der Waals surface area contributed by atoms with Crippen molar-refractivity contribution in [3.63, 3.8) is 0 Å². The third kappa shape index (κ3) is 1.52. The van der Waals surface area contributed by atoms with Gasteiger partial charge in [-0.1, -0.05) is 19.1 Å². The lowest BCUT2D eigenvalue weighted by Gasteiger charge is -2.38. The summed E-state index contributed by atoms with van der Waals surface area (Å²) in [6, 6.07) is 7.76. The van der Waals surface area contributed by atoms with E-state index < -0.39 is 0 Å². The van der Waals surface area contributed by atoms with E-state index in [-0.39, 0.29) is 11.0 Å². The second kappa shape index (κ2) is 3.47. The van der Waals surface area contributed by atoms with Crippen molar-refractivity contribution in [3.8, 4) is 0 Å². The maximum Gasteiger partial charge on any atom is 0.274 e. The van der Waals surface area contributed by atoms with E-state index in [1.165, 1.54) is 0 Å². The van der Waals surface area contributed by atoms with Gasteiger partial charge in [-0.15, -0.1) is 0 Å². The zero-order chi connectivity index (χ0) is 12.0. The number of nitrogens with zero attached hydrogens (tertiary/aromatic N) is 2. The molecule has 0 bridgehead atoms. The zero-order valence-electron chi connectivity index (χ0n) is 10.1. The summed E-state index contributed by atoms with van der Waals surface area (Å²) in [5, 5.41) is 0.791. The van der Waals surface area contributed by atoms with Gasteiger partial charge in [0.05, 0.1) is 24.1 Å². The van der Waals surface area contributed by atoms with Gasteiger partial charge in [-0.05, 0) is 12.1 Å². The van der Waals surface area contributed by atoms with Gasteiger partial charge >= 0.3 is 0 Å². The minimum absolute atomic E-state index is 0.0736. The van der Waals surface area contributed by atoms with Crippen LogP contribution in [0.4, 0.5) is 0 Å². The number of hydrogen-bond acceptors (Lipinski definition) is 2. The highest BCUT2D eigenvalue weighted by molar-refractivity contribution is 5.78. The lowest BCUT2D eigenvalue weighted by atomic mass is 9.89. The summed E-state index contributed by atoms with van der Waals surface area (Å²) >= 11 is 0. The van der Waals surface area contributed by atoms with Crippen molar-refractivity contribution in [1.29, 1.82) is 0 Å². The van der Waals surface area contributed by atoms with E-state index in [0.717, 1.165) is 30.7 Å². The molecule has 1 aliphatic heterocycles. The van der Waals surface area contributed by atoms with Gasteiger partial charge in [-0.3, -0.25) is 14.2 Å². The molecule has 0 N–H and O–H groups in total. The van der Waals surface area contributed by atoms with Gasteiger partial charge in [-0.25, -0.2) is 0 Å².